The molecular weight excluding hydrogens is 214 g/mol. The van der Waals surface area contributed by atoms with Crippen molar-refractivity contribution in [3.05, 3.63) is 29.8 Å². The van der Waals surface area contributed by atoms with Crippen molar-refractivity contribution in [1.29, 1.82) is 0 Å². The molecule has 2 unspecified atom stereocenters. The minimum absolute atomic E-state index is 0.503. The highest BCUT2D eigenvalue weighted by Crippen LogP contribution is 2.17. The van der Waals surface area contributed by atoms with Crippen molar-refractivity contribution in [2.45, 2.75) is 25.9 Å². The Hall–Kier alpha value is -1.06. The predicted octanol–water partition coefficient (Wildman–Crippen LogP) is 2.21. The van der Waals surface area contributed by atoms with Crippen LogP contribution in [0.4, 0.5) is 0 Å². The van der Waals surface area contributed by atoms with E-state index in [1.807, 2.05) is 12.1 Å². The zero-order valence-electron chi connectivity index (χ0n) is 10.6. The molecule has 1 aliphatic rings. The first-order valence-corrected chi connectivity index (χ1v) is 6.23. The van der Waals surface area contributed by atoms with Gasteiger partial charge in [0.05, 0.1) is 13.7 Å². The Kier molecular flexibility index (Phi) is 4.40. The van der Waals surface area contributed by atoms with Crippen molar-refractivity contribution in [2.75, 3.05) is 20.3 Å². The van der Waals surface area contributed by atoms with Crippen LogP contribution in [-0.2, 0) is 11.3 Å². The number of hydrogen-bond acceptors (Lipinski definition) is 3. The van der Waals surface area contributed by atoms with Gasteiger partial charge in [0.1, 0.15) is 5.75 Å². The second-order valence-corrected chi connectivity index (χ2v) is 4.64. The second-order valence-electron chi connectivity index (χ2n) is 4.64. The van der Waals surface area contributed by atoms with Gasteiger partial charge in [-0.15, -0.1) is 0 Å². The minimum Gasteiger partial charge on any atom is -0.497 e. The largest absolute Gasteiger partial charge is 0.497 e. The molecule has 3 heteroatoms. The molecule has 0 spiro atoms. The van der Waals surface area contributed by atoms with Gasteiger partial charge in [0.15, 0.2) is 0 Å². The normalized spacial score (nSPS) is 21.4. The van der Waals surface area contributed by atoms with Gasteiger partial charge in [0.2, 0.25) is 0 Å². The van der Waals surface area contributed by atoms with E-state index >= 15 is 0 Å². The number of hydrogen-bond donors (Lipinski definition) is 1. The lowest BCUT2D eigenvalue weighted by atomic mass is 10.0. The Balaban J connectivity index is 1.83. The third-order valence-electron chi connectivity index (χ3n) is 3.43. The van der Waals surface area contributed by atoms with E-state index in [2.05, 4.69) is 24.4 Å². The van der Waals surface area contributed by atoms with Gasteiger partial charge in [-0.2, -0.15) is 0 Å². The molecule has 0 aliphatic carbocycles. The Morgan fingerprint density at radius 1 is 1.53 bits per heavy atom. The number of ether oxygens (including phenoxy) is 2. The van der Waals surface area contributed by atoms with Gasteiger partial charge >= 0.3 is 0 Å². The van der Waals surface area contributed by atoms with E-state index in [-0.39, 0.29) is 0 Å². The molecule has 0 amide bonds. The van der Waals surface area contributed by atoms with Crippen LogP contribution in [0.2, 0.25) is 0 Å². The minimum atomic E-state index is 0.503. The summed E-state index contributed by atoms with van der Waals surface area (Å²) in [6, 6.07) is 8.69. The quantitative estimate of drug-likeness (QED) is 0.848. The van der Waals surface area contributed by atoms with Crippen LogP contribution in [0.1, 0.15) is 18.9 Å². The van der Waals surface area contributed by atoms with Crippen molar-refractivity contribution in [3.8, 4) is 5.75 Å². The summed E-state index contributed by atoms with van der Waals surface area (Å²) < 4.78 is 10.6. The van der Waals surface area contributed by atoms with Crippen LogP contribution < -0.4 is 10.1 Å². The van der Waals surface area contributed by atoms with Gasteiger partial charge in [0, 0.05) is 19.2 Å². The van der Waals surface area contributed by atoms with Crippen LogP contribution in [0.15, 0.2) is 24.3 Å². The second kappa shape index (κ2) is 6.03. The first-order chi connectivity index (χ1) is 8.29. The monoisotopic (exact) mass is 235 g/mol. The maximum Gasteiger partial charge on any atom is 0.119 e. The van der Waals surface area contributed by atoms with Crippen molar-refractivity contribution in [2.24, 2.45) is 5.92 Å². The van der Waals surface area contributed by atoms with Gasteiger partial charge < -0.3 is 14.8 Å². The summed E-state index contributed by atoms with van der Waals surface area (Å²) in [5, 5.41) is 3.56. The van der Waals surface area contributed by atoms with Crippen molar-refractivity contribution < 1.29 is 9.47 Å². The highest BCUT2D eigenvalue weighted by atomic mass is 16.5. The number of methoxy groups -OCH3 is 1. The molecule has 1 fully saturated rings. The van der Waals surface area contributed by atoms with E-state index < -0.39 is 0 Å². The molecular formula is C14H21NO2. The highest BCUT2D eigenvalue weighted by Gasteiger charge is 2.21. The van der Waals surface area contributed by atoms with E-state index in [1.54, 1.807) is 7.11 Å². The van der Waals surface area contributed by atoms with Crippen LogP contribution in [0.5, 0.6) is 5.75 Å². The molecule has 94 valence electrons. The van der Waals surface area contributed by atoms with Crippen LogP contribution in [-0.4, -0.2) is 26.4 Å². The van der Waals surface area contributed by atoms with Gasteiger partial charge in [0.25, 0.3) is 0 Å². The zero-order valence-corrected chi connectivity index (χ0v) is 10.6. The molecule has 1 heterocycles. The topological polar surface area (TPSA) is 30.5 Å². The van der Waals surface area contributed by atoms with Crippen LogP contribution in [0.25, 0.3) is 0 Å². The molecule has 0 radical (unpaired) electrons. The Bertz CT molecular complexity index is 348. The molecule has 1 N–H and O–H groups in total. The summed E-state index contributed by atoms with van der Waals surface area (Å²) in [5.41, 5.74) is 1.26. The van der Waals surface area contributed by atoms with Gasteiger partial charge in [-0.05, 0) is 37.0 Å². The van der Waals surface area contributed by atoms with E-state index in [9.17, 15) is 0 Å². The standard InChI is InChI=1S/C14H21NO2/c1-11(13-6-7-17-10-13)15-9-12-4-3-5-14(8-12)16-2/h3-5,8,11,13,15H,6-7,9-10H2,1-2H3. The first-order valence-electron chi connectivity index (χ1n) is 6.23. The van der Waals surface area contributed by atoms with Crippen LogP contribution in [0, 0.1) is 5.92 Å². The van der Waals surface area contributed by atoms with Gasteiger partial charge in [-0.1, -0.05) is 12.1 Å². The highest BCUT2D eigenvalue weighted by molar-refractivity contribution is 5.28. The number of nitrogens with one attached hydrogen (secondary N) is 1. The Morgan fingerprint density at radius 3 is 3.12 bits per heavy atom. The smallest absolute Gasteiger partial charge is 0.119 e. The lowest BCUT2D eigenvalue weighted by Gasteiger charge is -2.19. The fourth-order valence-corrected chi connectivity index (χ4v) is 2.18. The molecule has 1 saturated heterocycles. The summed E-state index contributed by atoms with van der Waals surface area (Å²) in [4.78, 5) is 0. The molecule has 2 atom stereocenters. The lowest BCUT2D eigenvalue weighted by Crippen LogP contribution is -2.33. The summed E-state index contributed by atoms with van der Waals surface area (Å²) >= 11 is 0. The van der Waals surface area contributed by atoms with Crippen LogP contribution >= 0.6 is 0 Å². The third kappa shape index (κ3) is 3.45. The summed E-state index contributed by atoms with van der Waals surface area (Å²) in [5.74, 6) is 1.57. The predicted molar refractivity (Wildman–Crippen MR) is 68.2 cm³/mol. The van der Waals surface area contributed by atoms with Gasteiger partial charge in [-0.25, -0.2) is 0 Å². The van der Waals surface area contributed by atoms with Crippen molar-refractivity contribution >= 4 is 0 Å². The number of benzene rings is 1. The first kappa shape index (κ1) is 12.4. The number of rotatable bonds is 5. The van der Waals surface area contributed by atoms with E-state index in [0.717, 1.165) is 25.5 Å². The molecule has 0 bridgehead atoms. The molecule has 0 aromatic heterocycles. The molecule has 3 nitrogen and oxygen atoms in total. The molecule has 1 aromatic rings. The summed E-state index contributed by atoms with van der Waals surface area (Å²) in [6.07, 6.45) is 1.17. The average Bonchev–Trinajstić information content (AvgIpc) is 2.90. The van der Waals surface area contributed by atoms with Crippen molar-refractivity contribution in [3.63, 3.8) is 0 Å². The fraction of sp³-hybridized carbons (Fsp3) is 0.571. The van der Waals surface area contributed by atoms with Crippen molar-refractivity contribution in [1.82, 2.24) is 5.32 Å². The Morgan fingerprint density at radius 2 is 2.41 bits per heavy atom. The molecule has 2 rings (SSSR count). The van der Waals surface area contributed by atoms with E-state index in [0.29, 0.717) is 12.0 Å². The molecule has 1 aliphatic heterocycles. The third-order valence-corrected chi connectivity index (χ3v) is 3.43. The molecule has 17 heavy (non-hydrogen) atoms. The van der Waals surface area contributed by atoms with Gasteiger partial charge in [-0.3, -0.25) is 0 Å². The van der Waals surface area contributed by atoms with Crippen LogP contribution in [0.3, 0.4) is 0 Å². The summed E-state index contributed by atoms with van der Waals surface area (Å²) in [6.45, 7) is 4.93. The Labute approximate surface area is 103 Å². The maximum absolute atomic E-state index is 5.41. The van der Waals surface area contributed by atoms with E-state index in [4.69, 9.17) is 9.47 Å². The maximum atomic E-state index is 5.41. The lowest BCUT2D eigenvalue weighted by molar-refractivity contribution is 0.178. The SMILES string of the molecule is COc1cccc(CNC(C)C2CCOC2)c1. The molecule has 0 saturated carbocycles. The van der Waals surface area contributed by atoms with E-state index in [1.165, 1.54) is 12.0 Å². The fourth-order valence-electron chi connectivity index (χ4n) is 2.18. The average molecular weight is 235 g/mol. The summed E-state index contributed by atoms with van der Waals surface area (Å²) in [7, 11) is 1.70. The zero-order chi connectivity index (χ0) is 12.1. The molecule has 1 aromatic carbocycles.